The zero-order chi connectivity index (χ0) is 44.1. The van der Waals surface area contributed by atoms with Gasteiger partial charge in [-0.1, -0.05) is 90.8 Å². The number of rotatable bonds is 23. The summed E-state index contributed by atoms with van der Waals surface area (Å²) in [4.78, 5) is 4.92. The number of halogens is 1. The zero-order valence-electron chi connectivity index (χ0n) is 37.1. The third-order valence-corrected chi connectivity index (χ3v) is 14.1. The Balaban J connectivity index is 1.35. The van der Waals surface area contributed by atoms with Crippen molar-refractivity contribution in [2.45, 2.75) is 71.1 Å². The van der Waals surface area contributed by atoms with E-state index < -0.39 is 13.9 Å². The average Bonchev–Trinajstić information content (AvgIpc) is 3.28. The second-order valence-corrected chi connectivity index (χ2v) is 18.2. The molecule has 0 fully saturated rings. The number of benzene rings is 5. The predicted octanol–water partition coefficient (Wildman–Crippen LogP) is 12.6. The number of pyridine rings is 1. The van der Waals surface area contributed by atoms with E-state index in [2.05, 4.69) is 98.3 Å². The molecule has 0 radical (unpaired) electrons. The molecular formula is C51H60ClN4O5P. The van der Waals surface area contributed by atoms with Gasteiger partial charge in [-0.25, -0.2) is 4.98 Å². The van der Waals surface area contributed by atoms with Gasteiger partial charge in [0.25, 0.3) is 0 Å². The number of hydrogen-bond donors (Lipinski definition) is 1. The van der Waals surface area contributed by atoms with Crippen LogP contribution in [0.5, 0.6) is 17.2 Å². The normalized spacial score (nSPS) is 12.8. The Hall–Kier alpha value is -4.94. The molecule has 1 aromatic heterocycles. The average molecular weight is 875 g/mol. The van der Waals surface area contributed by atoms with Gasteiger partial charge in [0.2, 0.25) is 0 Å². The lowest BCUT2D eigenvalue weighted by atomic mass is 9.79. The zero-order valence-corrected chi connectivity index (χ0v) is 38.7. The van der Waals surface area contributed by atoms with E-state index in [0.717, 1.165) is 81.9 Å². The fourth-order valence-electron chi connectivity index (χ4n) is 8.43. The lowest BCUT2D eigenvalue weighted by molar-refractivity contribution is -0.00825. The quantitative estimate of drug-likeness (QED) is 0.0292. The van der Waals surface area contributed by atoms with E-state index in [0.29, 0.717) is 36.2 Å². The van der Waals surface area contributed by atoms with Gasteiger partial charge in [0.15, 0.2) is 11.5 Å². The maximum atomic E-state index is 9.50. The van der Waals surface area contributed by atoms with Gasteiger partial charge in [-0.3, -0.25) is 4.67 Å². The third kappa shape index (κ3) is 10.8. The summed E-state index contributed by atoms with van der Waals surface area (Å²) >= 11 is 6.43. The highest BCUT2D eigenvalue weighted by atomic mass is 35.5. The van der Waals surface area contributed by atoms with Crippen molar-refractivity contribution in [2.24, 2.45) is 5.92 Å². The Kier molecular flexibility index (Phi) is 16.8. The molecule has 0 aliphatic heterocycles. The number of aromatic nitrogens is 1. The standard InChI is InChI=1S/C51H60ClN4O5P/c1-36(2)56(37(3)4)62(61-31-17-29-53)35-38(18-14-15-30-54-49-43-27-25-41(52)32-47(43)55-46-28-26-42(57-5)33-44(46)49)34-60-51(39-19-10-8-11-20-39,40-21-12-9-13-22-40)45-23-16-24-48(58-6)50(45)59-7/h8-13,16,19-28,32-33,36-38H,14-15,17-18,30-31,34-35H2,1-7H3,(H,54,55). The van der Waals surface area contributed by atoms with Gasteiger partial charge in [0.1, 0.15) is 19.6 Å². The second kappa shape index (κ2) is 22.4. The summed E-state index contributed by atoms with van der Waals surface area (Å²) in [6.07, 6.45) is 3.86. The second-order valence-electron chi connectivity index (χ2n) is 15.9. The molecule has 0 amide bonds. The SMILES string of the molecule is COc1ccc2nc3cc(Cl)ccc3c(NCCCCC(COC(c3ccccc3)(c3ccccc3)c3cccc(OC)c3OC)CP(OCCC#N)N(C(C)C)C(C)C)c2c1. The number of ether oxygens (including phenoxy) is 4. The highest BCUT2D eigenvalue weighted by molar-refractivity contribution is 7.50. The van der Waals surface area contributed by atoms with Gasteiger partial charge in [0.05, 0.1) is 63.8 Å². The van der Waals surface area contributed by atoms with Crippen molar-refractivity contribution in [2.75, 3.05) is 52.6 Å². The highest BCUT2D eigenvalue weighted by Crippen LogP contribution is 2.50. The van der Waals surface area contributed by atoms with Crippen molar-refractivity contribution in [3.05, 3.63) is 137 Å². The van der Waals surface area contributed by atoms with Gasteiger partial charge in [-0.05, 0) is 100 Å². The molecule has 0 spiro atoms. The fourth-order valence-corrected chi connectivity index (χ4v) is 11.1. The lowest BCUT2D eigenvalue weighted by Gasteiger charge is -2.40. The molecule has 0 aliphatic carbocycles. The van der Waals surface area contributed by atoms with Gasteiger partial charge in [0, 0.05) is 46.1 Å². The molecule has 9 nitrogen and oxygen atoms in total. The van der Waals surface area contributed by atoms with Crippen LogP contribution in [0.3, 0.4) is 0 Å². The Morgan fingerprint density at radius 2 is 1.48 bits per heavy atom. The van der Waals surface area contributed by atoms with Crippen molar-refractivity contribution in [3.8, 4) is 23.3 Å². The third-order valence-electron chi connectivity index (χ3n) is 11.1. The van der Waals surface area contributed by atoms with Crippen LogP contribution in [0.2, 0.25) is 5.02 Å². The van der Waals surface area contributed by atoms with Crippen LogP contribution in [0.1, 0.15) is 70.1 Å². The minimum absolute atomic E-state index is 0.0978. The van der Waals surface area contributed by atoms with E-state index in [1.165, 1.54) is 0 Å². The maximum absolute atomic E-state index is 9.50. The highest BCUT2D eigenvalue weighted by Gasteiger charge is 2.42. The predicted molar refractivity (Wildman–Crippen MR) is 255 cm³/mol. The Bertz CT molecular complexity index is 2350. The lowest BCUT2D eigenvalue weighted by Crippen LogP contribution is -2.37. The molecule has 0 aliphatic rings. The molecule has 1 N–H and O–H groups in total. The summed E-state index contributed by atoms with van der Waals surface area (Å²) in [6, 6.07) is 41.4. The summed E-state index contributed by atoms with van der Waals surface area (Å²) in [5.41, 5.74) is 4.50. The molecule has 2 atom stereocenters. The number of para-hydroxylation sites is 1. The van der Waals surface area contributed by atoms with Crippen LogP contribution in [0.15, 0.2) is 115 Å². The van der Waals surface area contributed by atoms with Gasteiger partial charge >= 0.3 is 0 Å². The van der Waals surface area contributed by atoms with Crippen LogP contribution in [0, 0.1) is 17.2 Å². The van der Waals surface area contributed by atoms with Crippen molar-refractivity contribution < 1.29 is 23.5 Å². The first-order valence-corrected chi connectivity index (χ1v) is 23.3. The molecule has 6 aromatic rings. The summed E-state index contributed by atoms with van der Waals surface area (Å²) in [6.45, 7) is 10.5. The Morgan fingerprint density at radius 1 is 0.774 bits per heavy atom. The molecule has 326 valence electrons. The molecule has 1 heterocycles. The van der Waals surface area contributed by atoms with Crippen LogP contribution in [0.4, 0.5) is 5.69 Å². The number of hydrogen-bond acceptors (Lipinski definition) is 9. The molecule has 62 heavy (non-hydrogen) atoms. The van der Waals surface area contributed by atoms with E-state index in [1.807, 2.05) is 60.7 Å². The van der Waals surface area contributed by atoms with Crippen molar-refractivity contribution in [1.29, 1.82) is 5.26 Å². The van der Waals surface area contributed by atoms with Crippen LogP contribution in [0.25, 0.3) is 21.8 Å². The van der Waals surface area contributed by atoms with Crippen LogP contribution >= 0.6 is 19.9 Å². The van der Waals surface area contributed by atoms with Gasteiger partial charge in [-0.15, -0.1) is 0 Å². The van der Waals surface area contributed by atoms with E-state index in [1.54, 1.807) is 21.3 Å². The Morgan fingerprint density at radius 3 is 2.11 bits per heavy atom. The monoisotopic (exact) mass is 874 g/mol. The molecule has 0 saturated carbocycles. The number of nitrogens with zero attached hydrogens (tertiary/aromatic N) is 3. The largest absolute Gasteiger partial charge is 0.497 e. The first kappa shape index (κ1) is 46.6. The van der Waals surface area contributed by atoms with E-state index in [-0.39, 0.29) is 18.0 Å². The number of fused-ring (bicyclic) bond motifs is 2. The number of unbranched alkanes of at least 4 members (excludes halogenated alkanes) is 1. The number of methoxy groups -OCH3 is 3. The molecule has 5 aromatic carbocycles. The Labute approximate surface area is 374 Å². The maximum Gasteiger partial charge on any atom is 0.167 e. The van der Waals surface area contributed by atoms with Crippen LogP contribution in [-0.4, -0.2) is 69.0 Å². The van der Waals surface area contributed by atoms with E-state index >= 15 is 0 Å². The summed E-state index contributed by atoms with van der Waals surface area (Å²) in [5.74, 6) is 2.12. The number of nitriles is 1. The molecule has 6 rings (SSSR count). The minimum atomic E-state index is -1.08. The van der Waals surface area contributed by atoms with Crippen molar-refractivity contribution in [3.63, 3.8) is 0 Å². The summed E-state index contributed by atoms with van der Waals surface area (Å²) in [5, 5.41) is 15.9. The first-order valence-electron chi connectivity index (χ1n) is 21.5. The smallest absolute Gasteiger partial charge is 0.167 e. The van der Waals surface area contributed by atoms with Crippen molar-refractivity contribution in [1.82, 2.24) is 9.65 Å². The molecule has 11 heteroatoms. The van der Waals surface area contributed by atoms with E-state index in [4.69, 9.17) is 40.1 Å². The molecule has 0 saturated heterocycles. The summed E-state index contributed by atoms with van der Waals surface area (Å²) in [7, 11) is 3.95. The molecule has 0 bridgehead atoms. The fraction of sp³-hybridized carbons (Fsp3) is 0.373. The van der Waals surface area contributed by atoms with Crippen LogP contribution in [-0.2, 0) is 14.9 Å². The first-order chi connectivity index (χ1) is 30.1. The van der Waals surface area contributed by atoms with E-state index in [9.17, 15) is 5.26 Å². The summed E-state index contributed by atoms with van der Waals surface area (Å²) < 4.78 is 34.4. The van der Waals surface area contributed by atoms with Gasteiger partial charge < -0.3 is 28.8 Å². The molecular weight excluding hydrogens is 815 g/mol. The molecule has 2 unspecified atom stereocenters. The minimum Gasteiger partial charge on any atom is -0.497 e. The van der Waals surface area contributed by atoms with Crippen LogP contribution < -0.4 is 19.5 Å². The number of nitrogens with one attached hydrogen (secondary N) is 1. The number of anilines is 1. The van der Waals surface area contributed by atoms with Gasteiger partial charge in [-0.2, -0.15) is 5.26 Å². The van der Waals surface area contributed by atoms with Crippen molar-refractivity contribution >= 4 is 47.4 Å². The topological polar surface area (TPSA) is 98.1 Å².